The molecule has 2 aromatic rings. The second-order valence-corrected chi connectivity index (χ2v) is 11.5. The minimum atomic E-state index is -0.435. The van der Waals surface area contributed by atoms with Crippen molar-refractivity contribution in [2.24, 2.45) is 17.6 Å². The quantitative estimate of drug-likeness (QED) is 0.127. The highest BCUT2D eigenvalue weighted by molar-refractivity contribution is 5.85. The van der Waals surface area contributed by atoms with Gasteiger partial charge in [-0.05, 0) is 43.2 Å². The van der Waals surface area contributed by atoms with Gasteiger partial charge in [-0.2, -0.15) is 0 Å². The summed E-state index contributed by atoms with van der Waals surface area (Å²) in [6, 6.07) is 8.68. The lowest BCUT2D eigenvalue weighted by Crippen LogP contribution is -2.46. The highest BCUT2D eigenvalue weighted by Gasteiger charge is 2.21. The minimum absolute atomic E-state index is 0.0945. The van der Waals surface area contributed by atoms with Crippen LogP contribution in [0.25, 0.3) is 16.7 Å². The number of primary amides is 1. The van der Waals surface area contributed by atoms with E-state index < -0.39 is 6.04 Å². The van der Waals surface area contributed by atoms with Gasteiger partial charge in [-0.3, -0.25) is 9.59 Å². The number of hydrogen-bond donors (Lipinski definition) is 3. The summed E-state index contributed by atoms with van der Waals surface area (Å²) >= 11 is 0. The average Bonchev–Trinajstić information content (AvgIpc) is 3.41. The van der Waals surface area contributed by atoms with Gasteiger partial charge in [0.05, 0.1) is 25.4 Å². The number of nitrogens with one attached hydrogen (secondary N) is 2. The second kappa shape index (κ2) is 21.9. The fourth-order valence-corrected chi connectivity index (χ4v) is 4.26. The Labute approximate surface area is 265 Å². The first-order valence-corrected chi connectivity index (χ1v) is 15.8. The van der Waals surface area contributed by atoms with Crippen LogP contribution in [0.4, 0.5) is 4.79 Å². The van der Waals surface area contributed by atoms with Crippen molar-refractivity contribution in [1.82, 2.24) is 15.5 Å². The number of nitrogens with zero attached hydrogens (tertiary/aromatic N) is 1. The number of carbonyl (C=O) groups excluding carboxylic acids is 3. The molecule has 0 aliphatic rings. The average molecular weight is 615 g/mol. The summed E-state index contributed by atoms with van der Waals surface area (Å²) in [5, 5.41) is 6.95. The fourth-order valence-electron chi connectivity index (χ4n) is 4.26. The number of Topliss-reactive ketones (excluding diaryl/α,β-unsaturated/α-hetero) is 1. The Hall–Kier alpha value is -3.75. The van der Waals surface area contributed by atoms with Crippen LogP contribution < -0.4 is 16.4 Å². The van der Waals surface area contributed by atoms with Gasteiger partial charge in [-0.25, -0.2) is 4.79 Å². The Kier molecular flexibility index (Phi) is 20.0. The topological polar surface area (TPSA) is 127 Å². The Morgan fingerprint density at radius 3 is 2.09 bits per heavy atom. The van der Waals surface area contributed by atoms with Gasteiger partial charge in [0.1, 0.15) is 17.4 Å². The zero-order valence-corrected chi connectivity index (χ0v) is 28.6. The maximum absolute atomic E-state index is 12.2. The first-order chi connectivity index (χ1) is 20.8. The summed E-state index contributed by atoms with van der Waals surface area (Å²) in [6.07, 6.45) is 4.96. The molecular formula is C35H58N4O5. The summed E-state index contributed by atoms with van der Waals surface area (Å²) in [5.41, 5.74) is 6.78. The molecule has 4 N–H and O–H groups in total. The van der Waals surface area contributed by atoms with Crippen molar-refractivity contribution in [3.8, 4) is 0 Å². The van der Waals surface area contributed by atoms with Crippen molar-refractivity contribution in [2.45, 2.75) is 99.1 Å². The Morgan fingerprint density at radius 1 is 0.977 bits per heavy atom. The molecule has 0 radical (unpaired) electrons. The molecule has 0 fully saturated rings. The van der Waals surface area contributed by atoms with Crippen LogP contribution >= 0.6 is 0 Å². The van der Waals surface area contributed by atoms with E-state index in [1.165, 1.54) is 4.90 Å². The van der Waals surface area contributed by atoms with E-state index >= 15 is 0 Å². The number of carbonyl (C=O) groups is 3. The largest absolute Gasteiger partial charge is 0.500 e. The number of ketones is 1. The lowest BCUT2D eigenvalue weighted by Gasteiger charge is -2.25. The van der Waals surface area contributed by atoms with Gasteiger partial charge in [-0.1, -0.05) is 92.7 Å². The first kappa shape index (κ1) is 40.2. The number of nitrogens with two attached hydrogens (primary N) is 1. The molecule has 1 aromatic carbocycles. The Morgan fingerprint density at radius 2 is 1.57 bits per heavy atom. The zero-order valence-electron chi connectivity index (χ0n) is 28.6. The lowest BCUT2D eigenvalue weighted by atomic mass is 10.0. The fraction of sp³-hybridized carbons (Fsp3) is 0.571. The van der Waals surface area contributed by atoms with Crippen molar-refractivity contribution >= 4 is 34.4 Å². The molecule has 9 nitrogen and oxygen atoms in total. The standard InChI is InChI=1S/C17H32N2O3.C16H20N2O2.C2H6/c1-7-8-9-10-15(20)12-19(5)17(21)18-16(11-13(2)3)14(4)22-6;1-10(2)8-13(16(17)19)18-11(3)15-9-12-6-4-5-7-14(12)20-15;1-2/h13,16H,4,7-12H2,1-3,5-6H3,(H,18,21);4-7,9-10,13,18H,3,8H2,1-2H3,(H2,17,19);1-2H3/t16-;;/m0../s1. The van der Waals surface area contributed by atoms with Crippen LogP contribution in [0.5, 0.6) is 0 Å². The van der Waals surface area contributed by atoms with E-state index in [-0.39, 0.29) is 30.3 Å². The van der Waals surface area contributed by atoms with Crippen molar-refractivity contribution in [3.63, 3.8) is 0 Å². The van der Waals surface area contributed by atoms with E-state index in [9.17, 15) is 14.4 Å². The van der Waals surface area contributed by atoms with Crippen molar-refractivity contribution in [2.75, 3.05) is 20.7 Å². The van der Waals surface area contributed by atoms with Crippen LogP contribution in [0.1, 0.15) is 92.8 Å². The van der Waals surface area contributed by atoms with Gasteiger partial charge >= 0.3 is 6.03 Å². The van der Waals surface area contributed by atoms with Gasteiger partial charge in [-0.15, -0.1) is 0 Å². The van der Waals surface area contributed by atoms with E-state index in [0.717, 1.165) is 36.7 Å². The maximum Gasteiger partial charge on any atom is 0.318 e. The SMILES string of the molecule is C=C(NC(CC(C)C)C(N)=O)c1cc2ccccc2o1.C=C(OC)[C@H](CC(C)C)NC(=O)N(C)CC(=O)CCCCC.CC. The van der Waals surface area contributed by atoms with Crippen LogP contribution in [-0.4, -0.2) is 55.4 Å². The summed E-state index contributed by atoms with van der Waals surface area (Å²) < 4.78 is 10.8. The molecule has 44 heavy (non-hydrogen) atoms. The number of methoxy groups -OCH3 is 1. The number of benzene rings is 1. The van der Waals surface area contributed by atoms with Crippen molar-refractivity contribution < 1.29 is 23.5 Å². The molecule has 9 heteroatoms. The third kappa shape index (κ3) is 15.6. The number of unbranched alkanes of at least 4 members (excludes halogenated alkanes) is 2. The molecule has 248 valence electrons. The maximum atomic E-state index is 12.2. The smallest absolute Gasteiger partial charge is 0.318 e. The minimum Gasteiger partial charge on any atom is -0.500 e. The first-order valence-electron chi connectivity index (χ1n) is 15.8. The van der Waals surface area contributed by atoms with Gasteiger partial charge in [0.15, 0.2) is 11.5 Å². The molecule has 0 saturated heterocycles. The molecule has 1 heterocycles. The molecule has 0 bridgehead atoms. The predicted octanol–water partition coefficient (Wildman–Crippen LogP) is 7.27. The number of ether oxygens (including phenoxy) is 1. The molecule has 0 aliphatic carbocycles. The number of furan rings is 1. The summed E-state index contributed by atoms with van der Waals surface area (Å²) in [7, 11) is 3.18. The lowest BCUT2D eigenvalue weighted by molar-refractivity contribution is -0.120. The van der Waals surface area contributed by atoms with Crippen LogP contribution in [-0.2, 0) is 14.3 Å². The normalized spacial score (nSPS) is 11.8. The predicted molar refractivity (Wildman–Crippen MR) is 182 cm³/mol. The summed E-state index contributed by atoms with van der Waals surface area (Å²) in [5.74, 6) is 1.64. The summed E-state index contributed by atoms with van der Waals surface area (Å²) in [4.78, 5) is 36.9. The Bertz CT molecular complexity index is 1140. The second-order valence-electron chi connectivity index (χ2n) is 11.5. The van der Waals surface area contributed by atoms with E-state index in [1.54, 1.807) is 14.2 Å². The number of rotatable bonds is 17. The highest BCUT2D eigenvalue weighted by atomic mass is 16.5. The number of urea groups is 1. The number of likely N-dealkylation sites (N-methyl/N-ethyl adjacent to an activating group) is 1. The summed E-state index contributed by atoms with van der Waals surface area (Å²) in [6.45, 7) is 22.2. The van der Waals surface area contributed by atoms with Crippen molar-refractivity contribution in [1.29, 1.82) is 0 Å². The molecule has 0 saturated carbocycles. The van der Waals surface area contributed by atoms with Gasteiger partial charge < -0.3 is 30.4 Å². The molecule has 0 spiro atoms. The molecule has 2 rings (SSSR count). The van der Waals surface area contributed by atoms with Gasteiger partial charge in [0, 0.05) is 18.9 Å². The van der Waals surface area contributed by atoms with Gasteiger partial charge in [0.2, 0.25) is 5.91 Å². The molecule has 1 aromatic heterocycles. The van der Waals surface area contributed by atoms with E-state index in [0.29, 0.717) is 41.9 Å². The van der Waals surface area contributed by atoms with Crippen molar-refractivity contribution in [3.05, 3.63) is 55.0 Å². The third-order valence-corrected chi connectivity index (χ3v) is 6.60. The Balaban J connectivity index is 0.000000797. The van der Waals surface area contributed by atoms with Crippen LogP contribution in [0.15, 0.2) is 53.7 Å². The molecular weight excluding hydrogens is 556 g/mol. The van der Waals surface area contributed by atoms with E-state index in [4.69, 9.17) is 14.9 Å². The van der Waals surface area contributed by atoms with Crippen LogP contribution in [0.2, 0.25) is 0 Å². The number of fused-ring (bicyclic) bond motifs is 1. The van der Waals surface area contributed by atoms with Gasteiger partial charge in [0.25, 0.3) is 0 Å². The highest BCUT2D eigenvalue weighted by Crippen LogP contribution is 2.23. The molecule has 1 unspecified atom stereocenters. The number of para-hydroxylation sites is 1. The van der Waals surface area contributed by atoms with Crippen LogP contribution in [0.3, 0.4) is 0 Å². The van der Waals surface area contributed by atoms with E-state index in [1.807, 2.05) is 58.0 Å². The molecule has 2 atom stereocenters. The monoisotopic (exact) mass is 614 g/mol. The molecule has 3 amide bonds. The van der Waals surface area contributed by atoms with E-state index in [2.05, 4.69) is 44.6 Å². The number of amides is 3. The third-order valence-electron chi connectivity index (χ3n) is 6.60. The zero-order chi connectivity index (χ0) is 33.8. The number of hydrogen-bond acceptors (Lipinski definition) is 6. The van der Waals surface area contributed by atoms with Crippen LogP contribution in [0, 0.1) is 11.8 Å². The molecule has 0 aliphatic heterocycles.